The van der Waals surface area contributed by atoms with Gasteiger partial charge in [0.15, 0.2) is 0 Å². The smallest absolute Gasteiger partial charge is 0.0624 e. The summed E-state index contributed by atoms with van der Waals surface area (Å²) in [4.78, 5) is 0. The number of aryl methyl sites for hydroxylation is 2. The van der Waals surface area contributed by atoms with Crippen molar-refractivity contribution in [1.29, 1.82) is 0 Å². The maximum absolute atomic E-state index is 10.5. The van der Waals surface area contributed by atoms with Crippen LogP contribution in [0.5, 0.6) is 0 Å². The van der Waals surface area contributed by atoms with Crippen LogP contribution in [0.2, 0.25) is 0 Å². The van der Waals surface area contributed by atoms with Gasteiger partial charge >= 0.3 is 0 Å². The highest BCUT2D eigenvalue weighted by Crippen LogP contribution is 2.35. The van der Waals surface area contributed by atoms with E-state index in [0.29, 0.717) is 5.92 Å². The lowest BCUT2D eigenvalue weighted by molar-refractivity contribution is 0.106. The van der Waals surface area contributed by atoms with Crippen molar-refractivity contribution < 1.29 is 5.11 Å². The molecule has 3 nitrogen and oxygen atoms in total. The summed E-state index contributed by atoms with van der Waals surface area (Å²) < 4.78 is 2.05. The summed E-state index contributed by atoms with van der Waals surface area (Å²) in [6.07, 6.45) is 6.50. The van der Waals surface area contributed by atoms with E-state index in [2.05, 4.69) is 31.9 Å². The molecule has 0 bridgehead atoms. The van der Waals surface area contributed by atoms with E-state index in [1.807, 2.05) is 4.68 Å². The number of nitrogens with zero attached hydrogens (tertiary/aromatic N) is 2. The van der Waals surface area contributed by atoms with Gasteiger partial charge in [-0.1, -0.05) is 26.7 Å². The molecule has 0 aromatic carbocycles. The first-order valence-electron chi connectivity index (χ1n) is 7.91. The number of hydrogen-bond acceptors (Lipinski definition) is 2. The minimum Gasteiger partial charge on any atom is -0.392 e. The van der Waals surface area contributed by atoms with Crippen LogP contribution in [-0.2, 0) is 19.4 Å². The van der Waals surface area contributed by atoms with Crippen molar-refractivity contribution in [2.45, 2.75) is 71.9 Å². The molecule has 3 unspecified atom stereocenters. The fourth-order valence-corrected chi connectivity index (χ4v) is 3.34. The molecule has 1 aromatic rings. The molecule has 1 N–H and O–H groups in total. The quantitative estimate of drug-likeness (QED) is 0.857. The maximum atomic E-state index is 10.5. The lowest BCUT2D eigenvalue weighted by Crippen LogP contribution is -2.22. The zero-order valence-electron chi connectivity index (χ0n) is 12.6. The molecule has 3 heteroatoms. The van der Waals surface area contributed by atoms with Crippen molar-refractivity contribution in [2.75, 3.05) is 0 Å². The Morgan fingerprint density at radius 3 is 2.74 bits per heavy atom. The maximum Gasteiger partial charge on any atom is 0.0624 e. The predicted octanol–water partition coefficient (Wildman–Crippen LogP) is 3.20. The minimum atomic E-state index is -0.191. The fraction of sp³-hybridized carbons (Fsp3) is 0.812. The van der Waals surface area contributed by atoms with E-state index in [-0.39, 0.29) is 6.10 Å². The van der Waals surface area contributed by atoms with Crippen molar-refractivity contribution in [3.8, 4) is 0 Å². The lowest BCUT2D eigenvalue weighted by Gasteiger charge is -2.18. The first-order valence-corrected chi connectivity index (χ1v) is 7.91. The number of aromatic nitrogens is 2. The van der Waals surface area contributed by atoms with Crippen molar-refractivity contribution in [3.05, 3.63) is 17.5 Å². The molecule has 1 fully saturated rings. The van der Waals surface area contributed by atoms with Crippen LogP contribution in [0.1, 0.15) is 57.8 Å². The Morgan fingerprint density at radius 2 is 2.16 bits per heavy atom. The summed E-state index contributed by atoms with van der Waals surface area (Å²) in [6, 6.07) is 2.17. The Labute approximate surface area is 117 Å². The Balaban J connectivity index is 1.98. The fourth-order valence-electron chi connectivity index (χ4n) is 3.34. The monoisotopic (exact) mass is 264 g/mol. The number of rotatable bonds is 6. The van der Waals surface area contributed by atoms with E-state index in [1.54, 1.807) is 0 Å². The highest BCUT2D eigenvalue weighted by atomic mass is 16.3. The molecule has 108 valence electrons. The molecule has 19 heavy (non-hydrogen) atoms. The second-order valence-corrected chi connectivity index (χ2v) is 5.92. The second kappa shape index (κ2) is 6.56. The molecule has 1 aliphatic rings. The van der Waals surface area contributed by atoms with Gasteiger partial charge in [-0.25, -0.2) is 0 Å². The summed E-state index contributed by atoms with van der Waals surface area (Å²) in [5.74, 6) is 1.33. The van der Waals surface area contributed by atoms with Crippen molar-refractivity contribution in [2.24, 2.45) is 11.8 Å². The molecular weight excluding hydrogens is 236 g/mol. The lowest BCUT2D eigenvalue weighted by atomic mass is 9.95. The van der Waals surface area contributed by atoms with Gasteiger partial charge in [0, 0.05) is 18.7 Å². The molecule has 1 heterocycles. The highest BCUT2D eigenvalue weighted by molar-refractivity contribution is 5.12. The molecule has 0 radical (unpaired) electrons. The average molecular weight is 264 g/mol. The normalized spacial score (nSPS) is 24.8. The van der Waals surface area contributed by atoms with Gasteiger partial charge in [0.25, 0.3) is 0 Å². The molecule has 0 aliphatic heterocycles. The van der Waals surface area contributed by atoms with Gasteiger partial charge in [-0.2, -0.15) is 5.10 Å². The van der Waals surface area contributed by atoms with Crippen LogP contribution >= 0.6 is 0 Å². The van der Waals surface area contributed by atoms with E-state index in [4.69, 9.17) is 0 Å². The van der Waals surface area contributed by atoms with E-state index in [0.717, 1.165) is 31.0 Å². The molecule has 1 aromatic heterocycles. The Kier molecular flexibility index (Phi) is 5.03. The van der Waals surface area contributed by atoms with Gasteiger partial charge in [-0.15, -0.1) is 0 Å². The Bertz CT molecular complexity index is 399. The average Bonchev–Trinajstić information content (AvgIpc) is 3.04. The minimum absolute atomic E-state index is 0.191. The predicted molar refractivity (Wildman–Crippen MR) is 78.1 cm³/mol. The van der Waals surface area contributed by atoms with Crippen molar-refractivity contribution >= 4 is 0 Å². The van der Waals surface area contributed by atoms with Crippen LogP contribution in [0.3, 0.4) is 0 Å². The summed E-state index contributed by atoms with van der Waals surface area (Å²) in [5, 5.41) is 15.0. The molecule has 0 amide bonds. The summed E-state index contributed by atoms with van der Waals surface area (Å²) in [6.45, 7) is 7.40. The summed E-state index contributed by atoms with van der Waals surface area (Å²) in [7, 11) is 0. The van der Waals surface area contributed by atoms with Crippen LogP contribution < -0.4 is 0 Å². The SMILES string of the molecule is CCc1cc(CC(O)C2CCC(CC)C2)n(CC)n1. The number of aliphatic hydroxyl groups excluding tert-OH is 1. The molecule has 3 atom stereocenters. The van der Waals surface area contributed by atoms with Gasteiger partial charge in [0.05, 0.1) is 11.8 Å². The van der Waals surface area contributed by atoms with Gasteiger partial charge in [-0.3, -0.25) is 4.68 Å². The first kappa shape index (κ1) is 14.6. The molecule has 0 saturated heterocycles. The standard InChI is InChI=1S/C16H28N2O/c1-4-12-7-8-13(9-12)16(19)11-15-10-14(5-2)17-18(15)6-3/h10,12-13,16,19H,4-9,11H2,1-3H3. The third-order valence-corrected chi connectivity index (χ3v) is 4.70. The topological polar surface area (TPSA) is 38.0 Å². The third kappa shape index (κ3) is 3.38. The number of hydrogen-bond donors (Lipinski definition) is 1. The van der Waals surface area contributed by atoms with Gasteiger partial charge in [0.1, 0.15) is 0 Å². The van der Waals surface area contributed by atoms with Crippen molar-refractivity contribution in [3.63, 3.8) is 0 Å². The molecular formula is C16H28N2O. The second-order valence-electron chi connectivity index (χ2n) is 5.92. The van der Waals surface area contributed by atoms with Gasteiger partial charge < -0.3 is 5.11 Å². The van der Waals surface area contributed by atoms with Crippen LogP contribution in [0.25, 0.3) is 0 Å². The zero-order valence-corrected chi connectivity index (χ0v) is 12.6. The molecule has 1 aliphatic carbocycles. The summed E-state index contributed by atoms with van der Waals surface area (Å²) >= 11 is 0. The summed E-state index contributed by atoms with van der Waals surface area (Å²) in [5.41, 5.74) is 2.34. The van der Waals surface area contributed by atoms with E-state index < -0.39 is 0 Å². The largest absolute Gasteiger partial charge is 0.392 e. The Hall–Kier alpha value is -0.830. The van der Waals surface area contributed by atoms with E-state index in [9.17, 15) is 5.11 Å². The van der Waals surface area contributed by atoms with Crippen LogP contribution in [-0.4, -0.2) is 21.0 Å². The zero-order chi connectivity index (χ0) is 13.8. The Morgan fingerprint density at radius 1 is 1.37 bits per heavy atom. The molecule has 2 rings (SSSR count). The van der Waals surface area contributed by atoms with E-state index >= 15 is 0 Å². The van der Waals surface area contributed by atoms with Gasteiger partial charge in [0.2, 0.25) is 0 Å². The van der Waals surface area contributed by atoms with Gasteiger partial charge in [-0.05, 0) is 44.1 Å². The highest BCUT2D eigenvalue weighted by Gasteiger charge is 2.29. The number of aliphatic hydroxyl groups is 1. The van der Waals surface area contributed by atoms with E-state index in [1.165, 1.54) is 31.4 Å². The molecule has 1 saturated carbocycles. The molecule has 0 spiro atoms. The third-order valence-electron chi connectivity index (χ3n) is 4.70. The van der Waals surface area contributed by atoms with Crippen LogP contribution in [0.4, 0.5) is 0 Å². The van der Waals surface area contributed by atoms with Crippen LogP contribution in [0, 0.1) is 11.8 Å². The van der Waals surface area contributed by atoms with Crippen molar-refractivity contribution in [1.82, 2.24) is 9.78 Å². The van der Waals surface area contributed by atoms with Crippen LogP contribution in [0.15, 0.2) is 6.07 Å². The first-order chi connectivity index (χ1) is 9.17.